The van der Waals surface area contributed by atoms with Crippen molar-refractivity contribution in [1.29, 1.82) is 0 Å². The minimum atomic E-state index is -0.505. The highest BCUT2D eigenvalue weighted by Gasteiger charge is 2.46. The SMILES string of the molecule is O=C(CC1(N2Cc3ccccc3C2=O)CCOCC1)Nc1nc2c(s1)CCCC2. The normalized spacial score (nSPS) is 20.3. The van der Waals surface area contributed by atoms with Crippen molar-refractivity contribution in [3.63, 3.8) is 0 Å². The van der Waals surface area contributed by atoms with E-state index in [0.717, 1.165) is 29.7 Å². The lowest BCUT2D eigenvalue weighted by atomic mass is 9.84. The van der Waals surface area contributed by atoms with Gasteiger partial charge < -0.3 is 15.0 Å². The van der Waals surface area contributed by atoms with E-state index in [9.17, 15) is 9.59 Å². The van der Waals surface area contributed by atoms with Crippen LogP contribution in [-0.2, 0) is 28.9 Å². The first-order valence-corrected chi connectivity index (χ1v) is 11.2. The van der Waals surface area contributed by atoms with E-state index in [1.807, 2.05) is 29.2 Å². The molecule has 1 aromatic heterocycles. The zero-order valence-electron chi connectivity index (χ0n) is 16.4. The quantitative estimate of drug-likeness (QED) is 0.835. The molecule has 2 aliphatic heterocycles. The third-order valence-corrected chi connectivity index (χ3v) is 7.47. The summed E-state index contributed by atoms with van der Waals surface area (Å²) in [7, 11) is 0. The number of hydrogen-bond donors (Lipinski definition) is 1. The number of hydrogen-bond acceptors (Lipinski definition) is 5. The Morgan fingerprint density at radius 2 is 2.00 bits per heavy atom. The smallest absolute Gasteiger partial charge is 0.254 e. The van der Waals surface area contributed by atoms with Gasteiger partial charge in [0.05, 0.1) is 17.7 Å². The molecule has 152 valence electrons. The van der Waals surface area contributed by atoms with E-state index in [1.165, 1.54) is 17.7 Å². The molecule has 3 heterocycles. The summed E-state index contributed by atoms with van der Waals surface area (Å²) in [5, 5.41) is 3.71. The van der Waals surface area contributed by atoms with Gasteiger partial charge in [-0.15, -0.1) is 11.3 Å². The minimum Gasteiger partial charge on any atom is -0.381 e. The van der Waals surface area contributed by atoms with Crippen LogP contribution in [0.4, 0.5) is 5.13 Å². The maximum Gasteiger partial charge on any atom is 0.254 e. The number of thiazole rings is 1. The van der Waals surface area contributed by atoms with Gasteiger partial charge in [0.1, 0.15) is 0 Å². The highest BCUT2D eigenvalue weighted by atomic mass is 32.1. The van der Waals surface area contributed by atoms with Crippen molar-refractivity contribution >= 4 is 28.3 Å². The molecule has 1 aromatic carbocycles. The maximum absolute atomic E-state index is 13.1. The molecule has 2 aromatic rings. The first-order chi connectivity index (χ1) is 14.1. The number of amides is 2. The molecule has 1 saturated heterocycles. The average molecular weight is 412 g/mol. The zero-order chi connectivity index (χ0) is 19.8. The van der Waals surface area contributed by atoms with Crippen LogP contribution in [0.25, 0.3) is 0 Å². The van der Waals surface area contributed by atoms with Gasteiger partial charge in [0.25, 0.3) is 5.91 Å². The summed E-state index contributed by atoms with van der Waals surface area (Å²) in [6, 6.07) is 7.74. The molecule has 7 heteroatoms. The van der Waals surface area contributed by atoms with Crippen LogP contribution >= 0.6 is 11.3 Å². The molecule has 1 fully saturated rings. The summed E-state index contributed by atoms with van der Waals surface area (Å²) in [5.41, 5.74) is 2.43. The van der Waals surface area contributed by atoms with E-state index in [4.69, 9.17) is 4.74 Å². The predicted molar refractivity (Wildman–Crippen MR) is 111 cm³/mol. The summed E-state index contributed by atoms with van der Waals surface area (Å²) in [6.07, 6.45) is 6.06. The molecule has 29 heavy (non-hydrogen) atoms. The zero-order valence-corrected chi connectivity index (χ0v) is 17.2. The minimum absolute atomic E-state index is 0.0278. The molecular formula is C22H25N3O3S. The monoisotopic (exact) mass is 411 g/mol. The van der Waals surface area contributed by atoms with Gasteiger partial charge in [-0.1, -0.05) is 18.2 Å². The highest BCUT2D eigenvalue weighted by molar-refractivity contribution is 7.15. The Hall–Kier alpha value is -2.25. The summed E-state index contributed by atoms with van der Waals surface area (Å²) >= 11 is 1.60. The Morgan fingerprint density at radius 3 is 2.79 bits per heavy atom. The first-order valence-electron chi connectivity index (χ1n) is 10.4. The van der Waals surface area contributed by atoms with Crippen molar-refractivity contribution in [1.82, 2.24) is 9.88 Å². The number of nitrogens with one attached hydrogen (secondary N) is 1. The van der Waals surface area contributed by atoms with Gasteiger partial charge in [0, 0.05) is 30.2 Å². The van der Waals surface area contributed by atoms with Crippen molar-refractivity contribution in [2.45, 2.75) is 57.0 Å². The molecule has 0 spiro atoms. The second kappa shape index (κ2) is 7.54. The average Bonchev–Trinajstić information content (AvgIpc) is 3.29. The number of benzene rings is 1. The summed E-state index contributed by atoms with van der Waals surface area (Å²) < 4.78 is 5.57. The number of carbonyl (C=O) groups excluding carboxylic acids is 2. The molecule has 0 atom stereocenters. The molecule has 3 aliphatic rings. The van der Waals surface area contributed by atoms with Gasteiger partial charge in [-0.05, 0) is 50.2 Å². The van der Waals surface area contributed by atoms with E-state index < -0.39 is 5.54 Å². The van der Waals surface area contributed by atoms with Crippen LogP contribution in [0, 0.1) is 0 Å². The van der Waals surface area contributed by atoms with Gasteiger partial charge >= 0.3 is 0 Å². The molecule has 5 rings (SSSR count). The molecule has 0 saturated carbocycles. The second-order valence-corrected chi connectivity index (χ2v) is 9.29. The molecule has 2 amide bonds. The van der Waals surface area contributed by atoms with E-state index in [1.54, 1.807) is 11.3 Å². The number of aryl methyl sites for hydroxylation is 2. The van der Waals surface area contributed by atoms with E-state index in [0.29, 0.717) is 37.7 Å². The maximum atomic E-state index is 13.1. The van der Waals surface area contributed by atoms with Gasteiger partial charge in [0.2, 0.25) is 5.91 Å². The van der Waals surface area contributed by atoms with Crippen LogP contribution in [-0.4, -0.2) is 40.5 Å². The van der Waals surface area contributed by atoms with Crippen LogP contribution in [0.15, 0.2) is 24.3 Å². The van der Waals surface area contributed by atoms with Gasteiger partial charge in [-0.25, -0.2) is 4.98 Å². The number of rotatable bonds is 4. The molecule has 1 N–H and O–H groups in total. The van der Waals surface area contributed by atoms with Crippen molar-refractivity contribution in [3.8, 4) is 0 Å². The lowest BCUT2D eigenvalue weighted by Crippen LogP contribution is -2.54. The van der Waals surface area contributed by atoms with Crippen LogP contribution < -0.4 is 5.32 Å². The summed E-state index contributed by atoms with van der Waals surface area (Å²) in [5.74, 6) is -0.0400. The van der Waals surface area contributed by atoms with Crippen LogP contribution in [0.2, 0.25) is 0 Å². The van der Waals surface area contributed by atoms with Gasteiger partial charge in [-0.3, -0.25) is 9.59 Å². The number of ether oxygens (including phenoxy) is 1. The standard InChI is InChI=1S/C22H25N3O3S/c26-19(24-21-23-17-7-3-4-8-18(17)29-21)13-22(9-11-28-12-10-22)25-14-15-5-1-2-6-16(15)20(25)27/h1-2,5-6H,3-4,7-14H2,(H,23,24,26). The van der Waals surface area contributed by atoms with Gasteiger partial charge in [-0.2, -0.15) is 0 Å². The molecule has 6 nitrogen and oxygen atoms in total. The Bertz CT molecular complexity index is 925. The van der Waals surface area contributed by atoms with Crippen LogP contribution in [0.5, 0.6) is 0 Å². The number of nitrogens with zero attached hydrogens (tertiary/aromatic N) is 2. The number of fused-ring (bicyclic) bond motifs is 2. The van der Waals surface area contributed by atoms with Crippen molar-refractivity contribution in [3.05, 3.63) is 46.0 Å². The lowest BCUT2D eigenvalue weighted by Gasteiger charge is -2.44. The highest BCUT2D eigenvalue weighted by Crippen LogP contribution is 2.38. The van der Waals surface area contributed by atoms with Crippen molar-refractivity contribution < 1.29 is 14.3 Å². The molecule has 0 unspecified atom stereocenters. The largest absolute Gasteiger partial charge is 0.381 e. The fourth-order valence-electron chi connectivity index (χ4n) is 4.80. The number of aromatic nitrogens is 1. The lowest BCUT2D eigenvalue weighted by molar-refractivity contribution is -0.120. The predicted octanol–water partition coefficient (Wildman–Crippen LogP) is 3.56. The fraction of sp³-hybridized carbons (Fsp3) is 0.500. The summed E-state index contributed by atoms with van der Waals surface area (Å²) in [6.45, 7) is 1.70. The fourth-order valence-corrected chi connectivity index (χ4v) is 5.86. The topological polar surface area (TPSA) is 71.5 Å². The Balaban J connectivity index is 1.35. The number of anilines is 1. The van der Waals surface area contributed by atoms with E-state index in [2.05, 4.69) is 10.3 Å². The second-order valence-electron chi connectivity index (χ2n) is 8.21. The van der Waals surface area contributed by atoms with Crippen molar-refractivity contribution in [2.75, 3.05) is 18.5 Å². The van der Waals surface area contributed by atoms with Gasteiger partial charge in [0.15, 0.2) is 5.13 Å². The van der Waals surface area contributed by atoms with E-state index in [-0.39, 0.29) is 18.2 Å². The van der Waals surface area contributed by atoms with Crippen molar-refractivity contribution in [2.24, 2.45) is 0 Å². The molecule has 0 radical (unpaired) electrons. The third-order valence-electron chi connectivity index (χ3n) is 6.40. The summed E-state index contributed by atoms with van der Waals surface area (Å²) in [4.78, 5) is 34.0. The molecule has 1 aliphatic carbocycles. The Morgan fingerprint density at radius 1 is 1.21 bits per heavy atom. The van der Waals surface area contributed by atoms with E-state index >= 15 is 0 Å². The Kier molecular flexibility index (Phi) is 4.87. The molecular weight excluding hydrogens is 386 g/mol. The first kappa shape index (κ1) is 18.8. The molecule has 0 bridgehead atoms. The van der Waals surface area contributed by atoms with Crippen LogP contribution in [0.3, 0.4) is 0 Å². The van der Waals surface area contributed by atoms with Crippen LogP contribution in [0.1, 0.15) is 58.6 Å². The Labute approximate surface area is 174 Å². The third kappa shape index (κ3) is 3.46. The number of carbonyl (C=O) groups is 2.